The Hall–Kier alpha value is -3.07. The highest BCUT2D eigenvalue weighted by Gasteiger charge is 2.12. The van der Waals surface area contributed by atoms with Crippen molar-refractivity contribution in [2.75, 3.05) is 24.3 Å². The van der Waals surface area contributed by atoms with Gasteiger partial charge in [-0.1, -0.05) is 0 Å². The van der Waals surface area contributed by atoms with Crippen LogP contribution >= 0.6 is 11.8 Å². The van der Waals surface area contributed by atoms with Gasteiger partial charge >= 0.3 is 0 Å². The molecule has 2 heterocycles. The molecule has 1 aliphatic heterocycles. The summed E-state index contributed by atoms with van der Waals surface area (Å²) < 4.78 is 12.6. The molecule has 0 fully saturated rings. The predicted molar refractivity (Wildman–Crippen MR) is 95.9 cm³/mol. The van der Waals surface area contributed by atoms with Crippen molar-refractivity contribution < 1.29 is 14.3 Å². The van der Waals surface area contributed by atoms with Crippen molar-refractivity contribution in [3.63, 3.8) is 0 Å². The van der Waals surface area contributed by atoms with Crippen molar-refractivity contribution in [3.8, 4) is 17.2 Å². The smallest absolute Gasteiger partial charge is 0.234 e. The normalized spacial score (nSPS) is 12.6. The molecule has 0 saturated heterocycles. The molecule has 0 unspecified atom stereocenters. The van der Waals surface area contributed by atoms with E-state index in [1.165, 1.54) is 18.1 Å². The number of hydrogen-bond donors (Lipinski definition) is 1. The molecular weight excluding hydrogens is 354 g/mol. The lowest BCUT2D eigenvalue weighted by Crippen LogP contribution is -2.15. The Morgan fingerprint density at radius 2 is 1.92 bits per heavy atom. The van der Waals surface area contributed by atoms with Crippen LogP contribution in [0.15, 0.2) is 53.7 Å². The van der Waals surface area contributed by atoms with Gasteiger partial charge in [-0.05, 0) is 52.9 Å². The summed E-state index contributed by atoms with van der Waals surface area (Å²) in [5.74, 6) is 1.68. The van der Waals surface area contributed by atoms with Crippen molar-refractivity contribution in [1.29, 1.82) is 0 Å². The zero-order chi connectivity index (χ0) is 17.8. The zero-order valence-corrected chi connectivity index (χ0v) is 14.5. The van der Waals surface area contributed by atoms with Gasteiger partial charge in [0.1, 0.15) is 19.5 Å². The van der Waals surface area contributed by atoms with Gasteiger partial charge in [0.2, 0.25) is 5.91 Å². The van der Waals surface area contributed by atoms with Gasteiger partial charge in [-0.15, -0.1) is 16.9 Å². The van der Waals surface area contributed by atoms with Gasteiger partial charge in [0.25, 0.3) is 0 Å². The number of ether oxygens (including phenoxy) is 2. The fourth-order valence-corrected chi connectivity index (χ4v) is 3.16. The van der Waals surface area contributed by atoms with E-state index in [1.807, 2.05) is 42.5 Å². The first-order chi connectivity index (χ1) is 12.8. The van der Waals surface area contributed by atoms with Crippen LogP contribution in [0.3, 0.4) is 0 Å². The lowest BCUT2D eigenvalue weighted by Gasteiger charge is -2.18. The number of carbonyl (C=O) groups is 1. The van der Waals surface area contributed by atoms with Gasteiger partial charge < -0.3 is 14.8 Å². The van der Waals surface area contributed by atoms with Crippen LogP contribution in [0.4, 0.5) is 5.69 Å². The molecule has 1 aromatic heterocycles. The first-order valence-electron chi connectivity index (χ1n) is 7.94. The number of benzene rings is 2. The summed E-state index contributed by atoms with van der Waals surface area (Å²) in [5, 5.41) is 13.9. The molecule has 8 nitrogen and oxygen atoms in total. The number of nitrogens with zero attached hydrogens (tertiary/aromatic N) is 4. The van der Waals surface area contributed by atoms with E-state index in [0.29, 0.717) is 19.0 Å². The van der Waals surface area contributed by atoms with E-state index >= 15 is 0 Å². The molecule has 0 radical (unpaired) electrons. The van der Waals surface area contributed by atoms with Crippen molar-refractivity contribution >= 4 is 23.4 Å². The molecule has 0 spiro atoms. The zero-order valence-electron chi connectivity index (χ0n) is 13.7. The van der Waals surface area contributed by atoms with Crippen LogP contribution in [0.5, 0.6) is 11.5 Å². The summed E-state index contributed by atoms with van der Waals surface area (Å²) in [6.45, 7) is 1.11. The van der Waals surface area contributed by atoms with E-state index in [4.69, 9.17) is 9.47 Å². The summed E-state index contributed by atoms with van der Waals surface area (Å²) in [6, 6.07) is 13.0. The molecule has 1 aliphatic rings. The second-order valence-electron chi connectivity index (χ2n) is 5.44. The molecule has 0 atom stereocenters. The third-order valence-corrected chi connectivity index (χ3v) is 4.64. The molecule has 0 aliphatic carbocycles. The molecule has 9 heteroatoms. The predicted octanol–water partition coefficient (Wildman–Crippen LogP) is 2.16. The Bertz CT molecular complexity index is 899. The average molecular weight is 369 g/mol. The second-order valence-corrected chi connectivity index (χ2v) is 6.49. The van der Waals surface area contributed by atoms with Crippen LogP contribution in [0.25, 0.3) is 5.69 Å². The van der Waals surface area contributed by atoms with E-state index in [-0.39, 0.29) is 5.91 Å². The Labute approximate surface area is 153 Å². The van der Waals surface area contributed by atoms with Gasteiger partial charge in [0.05, 0.1) is 11.4 Å². The molecule has 1 N–H and O–H groups in total. The number of nitrogens with one attached hydrogen (secondary N) is 1. The lowest BCUT2D eigenvalue weighted by atomic mass is 10.3. The summed E-state index contributed by atoms with van der Waals surface area (Å²) in [5.41, 5.74) is 1.54. The summed E-state index contributed by atoms with van der Waals surface area (Å²) >= 11 is 1.44. The third kappa shape index (κ3) is 3.77. The van der Waals surface area contributed by atoms with Crippen molar-refractivity contribution in [2.24, 2.45) is 0 Å². The van der Waals surface area contributed by atoms with Gasteiger partial charge in [0.15, 0.2) is 11.5 Å². The van der Waals surface area contributed by atoms with Gasteiger partial charge in [-0.25, -0.2) is 4.68 Å². The number of fused-ring (bicyclic) bond motifs is 1. The number of anilines is 1. The third-order valence-electron chi connectivity index (χ3n) is 3.65. The van der Waals surface area contributed by atoms with Crippen LogP contribution < -0.4 is 14.8 Å². The highest BCUT2D eigenvalue weighted by molar-refractivity contribution is 8.00. The molecule has 3 aromatic rings. The molecule has 26 heavy (non-hydrogen) atoms. The van der Waals surface area contributed by atoms with Crippen LogP contribution in [-0.2, 0) is 4.79 Å². The number of thioether (sulfide) groups is 1. The molecule has 4 rings (SSSR count). The fourth-order valence-electron chi connectivity index (χ4n) is 2.44. The highest BCUT2D eigenvalue weighted by atomic mass is 32.2. The number of tetrazole rings is 1. The van der Waals surface area contributed by atoms with E-state index in [0.717, 1.165) is 27.8 Å². The monoisotopic (exact) mass is 369 g/mol. The number of amides is 1. The summed E-state index contributed by atoms with van der Waals surface area (Å²) in [7, 11) is 0. The average Bonchev–Trinajstić information content (AvgIpc) is 3.22. The Kier molecular flexibility index (Phi) is 4.69. The molecule has 132 valence electrons. The Morgan fingerprint density at radius 3 is 2.69 bits per heavy atom. The van der Waals surface area contributed by atoms with E-state index in [9.17, 15) is 4.79 Å². The van der Waals surface area contributed by atoms with Crippen molar-refractivity contribution in [1.82, 2.24) is 20.2 Å². The summed E-state index contributed by atoms with van der Waals surface area (Å²) in [6.07, 6.45) is 1.51. The maximum absolute atomic E-state index is 12.2. The Morgan fingerprint density at radius 1 is 1.12 bits per heavy atom. The van der Waals surface area contributed by atoms with Crippen LogP contribution in [-0.4, -0.2) is 45.1 Å². The van der Waals surface area contributed by atoms with E-state index in [1.54, 1.807) is 4.68 Å². The van der Waals surface area contributed by atoms with Gasteiger partial charge in [-0.3, -0.25) is 4.79 Å². The van der Waals surface area contributed by atoms with E-state index in [2.05, 4.69) is 20.8 Å². The lowest BCUT2D eigenvalue weighted by molar-refractivity contribution is -0.113. The standard InChI is InChI=1S/C17H15N5O3S/c23-17(10-26-14-5-6-15-16(9-14)25-8-7-24-15)19-12-1-3-13(4-2-12)22-11-18-20-21-22/h1-6,9,11H,7-8,10H2,(H,19,23). The SMILES string of the molecule is O=C(CSc1ccc2c(c1)OCCO2)Nc1ccc(-n2cnnn2)cc1. The highest BCUT2D eigenvalue weighted by Crippen LogP contribution is 2.34. The largest absolute Gasteiger partial charge is 0.486 e. The fraction of sp³-hybridized carbons (Fsp3) is 0.176. The number of carbonyl (C=O) groups excluding carboxylic acids is 1. The maximum Gasteiger partial charge on any atom is 0.234 e. The first-order valence-corrected chi connectivity index (χ1v) is 8.92. The van der Waals surface area contributed by atoms with Crippen molar-refractivity contribution in [3.05, 3.63) is 48.8 Å². The Balaban J connectivity index is 1.32. The van der Waals surface area contributed by atoms with Gasteiger partial charge in [-0.2, -0.15) is 0 Å². The van der Waals surface area contributed by atoms with Crippen LogP contribution in [0.1, 0.15) is 0 Å². The molecule has 0 saturated carbocycles. The molecule has 2 aromatic carbocycles. The molecule has 1 amide bonds. The van der Waals surface area contributed by atoms with Crippen molar-refractivity contribution in [2.45, 2.75) is 4.90 Å². The quantitative estimate of drug-likeness (QED) is 0.689. The molecule has 0 bridgehead atoms. The van der Waals surface area contributed by atoms with Gasteiger partial charge in [0, 0.05) is 10.6 Å². The first kappa shape index (κ1) is 16.4. The van der Waals surface area contributed by atoms with E-state index < -0.39 is 0 Å². The minimum absolute atomic E-state index is 0.0833. The number of rotatable bonds is 5. The number of hydrogen-bond acceptors (Lipinski definition) is 7. The number of aromatic nitrogens is 4. The minimum Gasteiger partial charge on any atom is -0.486 e. The van der Waals surface area contributed by atoms with Crippen LogP contribution in [0.2, 0.25) is 0 Å². The maximum atomic E-state index is 12.2. The van der Waals surface area contributed by atoms with Crippen LogP contribution in [0, 0.1) is 0 Å². The summed E-state index contributed by atoms with van der Waals surface area (Å²) in [4.78, 5) is 13.1. The minimum atomic E-state index is -0.0833. The topological polar surface area (TPSA) is 91.2 Å². The molecular formula is C17H15N5O3S. The second kappa shape index (κ2) is 7.44.